The van der Waals surface area contributed by atoms with Crippen LogP contribution >= 0.6 is 0 Å². The van der Waals surface area contributed by atoms with Gasteiger partial charge in [0.1, 0.15) is 12.4 Å². The number of carbonyl (C=O) groups is 2. The maximum Gasteiger partial charge on any atom is 0.339 e. The van der Waals surface area contributed by atoms with Gasteiger partial charge in [-0.05, 0) is 35.0 Å². The molecule has 2 heterocycles. The molecular formula is C22H16O8. The van der Waals surface area contributed by atoms with Crippen molar-refractivity contribution < 1.29 is 38.0 Å². The molecule has 30 heavy (non-hydrogen) atoms. The Morgan fingerprint density at radius 1 is 0.867 bits per heavy atom. The van der Waals surface area contributed by atoms with Gasteiger partial charge in [-0.15, -0.1) is 0 Å². The molecule has 0 aromatic heterocycles. The van der Waals surface area contributed by atoms with Gasteiger partial charge in [0.15, 0.2) is 23.0 Å². The smallest absolute Gasteiger partial charge is 0.339 e. The largest absolute Gasteiger partial charge is 0.493 e. The van der Waals surface area contributed by atoms with E-state index in [9.17, 15) is 9.59 Å². The number of methoxy groups -OCH3 is 2. The number of rotatable bonds is 5. The number of cyclic esters (lactones) is 1. The molecule has 3 aromatic carbocycles. The first kappa shape index (κ1) is 18.1. The molecule has 8 heteroatoms. The summed E-state index contributed by atoms with van der Waals surface area (Å²) in [6, 6.07) is 8.75. The van der Waals surface area contributed by atoms with E-state index in [0.717, 1.165) is 10.9 Å². The summed E-state index contributed by atoms with van der Waals surface area (Å²) in [6.45, 7) is 0.536. The summed E-state index contributed by atoms with van der Waals surface area (Å²) in [6.07, 6.45) is 0. The standard InChI is InChI=1S/C22H16O8/c1-25-16-4-11-3-12-8-27-22(24)20(12)21(13(11)5-17(16)26-2)14-6-18-19(30-10-29-18)7-15(14)28-9-23/h3-7,9H,8,10H2,1-2H3. The Morgan fingerprint density at radius 3 is 2.33 bits per heavy atom. The zero-order chi connectivity index (χ0) is 20.8. The molecule has 0 atom stereocenters. The Bertz CT molecular complexity index is 1210. The van der Waals surface area contributed by atoms with Crippen molar-refractivity contribution in [2.24, 2.45) is 0 Å². The fourth-order valence-corrected chi connectivity index (χ4v) is 3.90. The Morgan fingerprint density at radius 2 is 1.60 bits per heavy atom. The topological polar surface area (TPSA) is 89.5 Å². The lowest BCUT2D eigenvalue weighted by molar-refractivity contribution is -0.120. The van der Waals surface area contributed by atoms with Gasteiger partial charge in [-0.25, -0.2) is 4.79 Å². The average molecular weight is 408 g/mol. The van der Waals surface area contributed by atoms with Gasteiger partial charge in [-0.1, -0.05) is 0 Å². The van der Waals surface area contributed by atoms with Gasteiger partial charge in [0.05, 0.1) is 19.8 Å². The summed E-state index contributed by atoms with van der Waals surface area (Å²) in [5, 5.41) is 1.52. The Balaban J connectivity index is 1.90. The molecule has 2 aliphatic rings. The fourth-order valence-electron chi connectivity index (χ4n) is 3.90. The number of carbonyl (C=O) groups excluding carboxylic acids is 2. The lowest BCUT2D eigenvalue weighted by Gasteiger charge is -2.16. The van der Waals surface area contributed by atoms with E-state index in [-0.39, 0.29) is 19.1 Å². The second-order valence-electron chi connectivity index (χ2n) is 6.71. The van der Waals surface area contributed by atoms with Crippen LogP contribution < -0.4 is 23.7 Å². The molecule has 152 valence electrons. The van der Waals surface area contributed by atoms with E-state index in [2.05, 4.69) is 0 Å². The summed E-state index contributed by atoms with van der Waals surface area (Å²) in [4.78, 5) is 23.8. The van der Waals surface area contributed by atoms with Crippen molar-refractivity contribution in [1.82, 2.24) is 0 Å². The molecule has 2 aliphatic heterocycles. The van der Waals surface area contributed by atoms with Crippen LogP contribution in [-0.2, 0) is 16.1 Å². The third kappa shape index (κ3) is 2.61. The number of esters is 1. The minimum Gasteiger partial charge on any atom is -0.493 e. The van der Waals surface area contributed by atoms with Crippen molar-refractivity contribution in [2.45, 2.75) is 6.61 Å². The molecule has 0 N–H and O–H groups in total. The highest BCUT2D eigenvalue weighted by atomic mass is 16.7. The van der Waals surface area contributed by atoms with Gasteiger partial charge in [-0.3, -0.25) is 4.79 Å². The third-order valence-corrected chi connectivity index (χ3v) is 5.21. The summed E-state index contributed by atoms with van der Waals surface area (Å²) in [5.41, 5.74) is 2.19. The molecule has 5 rings (SSSR count). The van der Waals surface area contributed by atoms with Gasteiger partial charge in [0.2, 0.25) is 6.79 Å². The van der Waals surface area contributed by atoms with Crippen LogP contribution in [0.2, 0.25) is 0 Å². The van der Waals surface area contributed by atoms with E-state index in [1.54, 1.807) is 25.3 Å². The summed E-state index contributed by atoms with van der Waals surface area (Å²) in [5.74, 6) is 1.77. The van der Waals surface area contributed by atoms with Crippen LogP contribution in [0.15, 0.2) is 30.3 Å². The quantitative estimate of drug-likeness (QED) is 0.468. The minimum absolute atomic E-state index is 0.0556. The zero-order valence-corrected chi connectivity index (χ0v) is 16.1. The Kier molecular flexibility index (Phi) is 4.13. The molecule has 3 aromatic rings. The highest BCUT2D eigenvalue weighted by molar-refractivity contribution is 6.12. The molecule has 0 amide bonds. The Labute approximate surface area is 170 Å². The summed E-state index contributed by atoms with van der Waals surface area (Å²) < 4.78 is 32.3. The second kappa shape index (κ2) is 6.84. The van der Waals surface area contributed by atoms with Gasteiger partial charge >= 0.3 is 5.97 Å². The van der Waals surface area contributed by atoms with Crippen LogP contribution in [0.5, 0.6) is 28.7 Å². The molecule has 0 spiro atoms. The lowest BCUT2D eigenvalue weighted by Crippen LogP contribution is -2.01. The van der Waals surface area contributed by atoms with E-state index < -0.39 is 5.97 Å². The normalized spacial score (nSPS) is 13.7. The van der Waals surface area contributed by atoms with E-state index >= 15 is 0 Å². The maximum absolute atomic E-state index is 12.6. The van der Waals surface area contributed by atoms with Gasteiger partial charge in [-0.2, -0.15) is 0 Å². The van der Waals surface area contributed by atoms with Crippen molar-refractivity contribution in [3.63, 3.8) is 0 Å². The SMILES string of the molecule is COc1cc2cc3c(c(-c4cc5c(cc4OC=O)OCO5)c2cc1OC)C(=O)OC3. The summed E-state index contributed by atoms with van der Waals surface area (Å²) >= 11 is 0. The number of hydrogen-bond acceptors (Lipinski definition) is 8. The van der Waals surface area contributed by atoms with Crippen molar-refractivity contribution in [1.29, 1.82) is 0 Å². The fraction of sp³-hybridized carbons (Fsp3) is 0.182. The second-order valence-corrected chi connectivity index (χ2v) is 6.71. The van der Waals surface area contributed by atoms with Crippen molar-refractivity contribution in [2.75, 3.05) is 21.0 Å². The van der Waals surface area contributed by atoms with Crippen LogP contribution in [0, 0.1) is 0 Å². The first-order valence-electron chi connectivity index (χ1n) is 9.07. The van der Waals surface area contributed by atoms with Crippen LogP contribution in [0.4, 0.5) is 0 Å². The molecule has 0 aliphatic carbocycles. The molecule has 0 radical (unpaired) electrons. The zero-order valence-electron chi connectivity index (χ0n) is 16.1. The molecular weight excluding hydrogens is 392 g/mol. The van der Waals surface area contributed by atoms with E-state index in [1.165, 1.54) is 7.11 Å². The van der Waals surface area contributed by atoms with Crippen LogP contribution in [0.3, 0.4) is 0 Å². The van der Waals surface area contributed by atoms with Crippen molar-refractivity contribution >= 4 is 23.2 Å². The van der Waals surface area contributed by atoms with E-state index in [0.29, 0.717) is 51.5 Å². The minimum atomic E-state index is -0.452. The highest BCUT2D eigenvalue weighted by Gasteiger charge is 2.31. The molecule has 0 saturated carbocycles. The number of ether oxygens (including phenoxy) is 6. The lowest BCUT2D eigenvalue weighted by atomic mass is 9.89. The molecule has 0 fully saturated rings. The number of benzene rings is 3. The predicted molar refractivity (Wildman–Crippen MR) is 104 cm³/mol. The van der Waals surface area contributed by atoms with Crippen LogP contribution in [0.25, 0.3) is 21.9 Å². The number of hydrogen-bond donors (Lipinski definition) is 0. The molecule has 8 nitrogen and oxygen atoms in total. The van der Waals surface area contributed by atoms with E-state index in [1.807, 2.05) is 12.1 Å². The number of fused-ring (bicyclic) bond motifs is 3. The summed E-state index contributed by atoms with van der Waals surface area (Å²) in [7, 11) is 3.09. The molecule has 0 bridgehead atoms. The first-order chi connectivity index (χ1) is 14.6. The van der Waals surface area contributed by atoms with Gasteiger partial charge < -0.3 is 28.4 Å². The highest BCUT2D eigenvalue weighted by Crippen LogP contribution is 2.48. The average Bonchev–Trinajstić information content (AvgIpc) is 3.37. The maximum atomic E-state index is 12.6. The molecule has 0 unspecified atom stereocenters. The third-order valence-electron chi connectivity index (χ3n) is 5.21. The predicted octanol–water partition coefficient (Wildman–Crippen LogP) is 3.46. The van der Waals surface area contributed by atoms with Crippen molar-refractivity contribution in [3.05, 3.63) is 41.5 Å². The Hall–Kier alpha value is -3.94. The van der Waals surface area contributed by atoms with Crippen LogP contribution in [0.1, 0.15) is 15.9 Å². The van der Waals surface area contributed by atoms with Crippen molar-refractivity contribution in [3.8, 4) is 39.9 Å². The molecule has 0 saturated heterocycles. The first-order valence-corrected chi connectivity index (χ1v) is 9.07. The van der Waals surface area contributed by atoms with E-state index in [4.69, 9.17) is 28.4 Å². The van der Waals surface area contributed by atoms with Crippen LogP contribution in [-0.4, -0.2) is 33.5 Å². The van der Waals surface area contributed by atoms with Gasteiger partial charge in [0.25, 0.3) is 6.47 Å². The monoisotopic (exact) mass is 408 g/mol. The van der Waals surface area contributed by atoms with Gasteiger partial charge in [0, 0.05) is 22.8 Å².